The van der Waals surface area contributed by atoms with E-state index in [2.05, 4.69) is 5.32 Å². The van der Waals surface area contributed by atoms with Gasteiger partial charge >= 0.3 is 0 Å². The van der Waals surface area contributed by atoms with Crippen molar-refractivity contribution in [2.45, 2.75) is 64.4 Å². The van der Waals surface area contributed by atoms with Gasteiger partial charge in [-0.2, -0.15) is 0 Å². The summed E-state index contributed by atoms with van der Waals surface area (Å²) in [7, 11) is -4.17. The maximum atomic E-state index is 14.6. The molecule has 2 amide bonds. The zero-order valence-corrected chi connectivity index (χ0v) is 28.4. The first-order chi connectivity index (χ1) is 22.0. The lowest BCUT2D eigenvalue weighted by atomic mass is 10.0. The van der Waals surface area contributed by atoms with Crippen molar-refractivity contribution >= 4 is 39.1 Å². The molecule has 0 saturated heterocycles. The minimum Gasteiger partial charge on any atom is -0.354 e. The Morgan fingerprint density at radius 3 is 2.09 bits per heavy atom. The molecule has 9 heteroatoms. The van der Waals surface area contributed by atoms with Crippen LogP contribution in [0, 0.1) is 20.8 Å². The fraction of sp³-hybridized carbons (Fsp3) is 0.297. The standard InChI is InChI=1S/C37H42ClN3O4S/c1-5-6-19-39-37(43)35(24-30-11-8-7-9-12-30)40(25-31-13-10-14-32(38)23-31)36(42)26-41(33-21-28(3)20-29(4)22-33)46(44,45)34-17-15-27(2)16-18-34/h7-18,20-23,35H,5-6,19,24-26H2,1-4H3,(H,39,43). The third-order valence-corrected chi connectivity index (χ3v) is 9.75. The van der Waals surface area contributed by atoms with Crippen LogP contribution in [0.25, 0.3) is 0 Å². The number of unbranched alkanes of at least 4 members (excludes halogenated alkanes) is 1. The Morgan fingerprint density at radius 1 is 0.804 bits per heavy atom. The van der Waals surface area contributed by atoms with Gasteiger partial charge in [-0.3, -0.25) is 13.9 Å². The topological polar surface area (TPSA) is 86.8 Å². The van der Waals surface area contributed by atoms with Crippen molar-refractivity contribution in [1.82, 2.24) is 10.2 Å². The fourth-order valence-corrected chi connectivity index (χ4v) is 6.96. The molecule has 0 aliphatic carbocycles. The van der Waals surface area contributed by atoms with Crippen LogP contribution in [0.3, 0.4) is 0 Å². The Morgan fingerprint density at radius 2 is 1.46 bits per heavy atom. The zero-order valence-electron chi connectivity index (χ0n) is 26.9. The van der Waals surface area contributed by atoms with E-state index in [1.807, 2.05) is 70.2 Å². The van der Waals surface area contributed by atoms with Crippen LogP contribution in [0.2, 0.25) is 5.02 Å². The summed E-state index contributed by atoms with van der Waals surface area (Å²) in [6, 6.07) is 27.7. The van der Waals surface area contributed by atoms with Gasteiger partial charge in [-0.25, -0.2) is 8.42 Å². The molecule has 1 atom stereocenters. The molecule has 1 N–H and O–H groups in total. The predicted molar refractivity (Wildman–Crippen MR) is 185 cm³/mol. The van der Waals surface area contributed by atoms with Crippen molar-refractivity contribution in [1.29, 1.82) is 0 Å². The van der Waals surface area contributed by atoms with Crippen molar-refractivity contribution < 1.29 is 18.0 Å². The number of carbonyl (C=O) groups excluding carboxylic acids is 2. The van der Waals surface area contributed by atoms with E-state index in [1.54, 1.807) is 54.6 Å². The van der Waals surface area contributed by atoms with E-state index in [4.69, 9.17) is 11.6 Å². The van der Waals surface area contributed by atoms with Crippen LogP contribution in [-0.4, -0.2) is 44.3 Å². The van der Waals surface area contributed by atoms with Crippen molar-refractivity contribution in [2.75, 3.05) is 17.4 Å². The number of amides is 2. The second-order valence-electron chi connectivity index (χ2n) is 11.7. The van der Waals surface area contributed by atoms with Gasteiger partial charge in [0.1, 0.15) is 12.6 Å². The lowest BCUT2D eigenvalue weighted by Crippen LogP contribution is -2.53. The lowest BCUT2D eigenvalue weighted by molar-refractivity contribution is -0.140. The molecule has 0 spiro atoms. The average molecular weight is 660 g/mol. The summed E-state index contributed by atoms with van der Waals surface area (Å²) in [5, 5.41) is 3.50. The number of hydrogen-bond acceptors (Lipinski definition) is 4. The van der Waals surface area contributed by atoms with E-state index < -0.39 is 28.5 Å². The van der Waals surface area contributed by atoms with E-state index in [-0.39, 0.29) is 23.8 Å². The van der Waals surface area contributed by atoms with Gasteiger partial charge in [0.25, 0.3) is 10.0 Å². The number of nitrogens with zero attached hydrogens (tertiary/aromatic N) is 2. The number of aryl methyl sites for hydroxylation is 3. The molecule has 46 heavy (non-hydrogen) atoms. The van der Waals surface area contributed by atoms with Gasteiger partial charge in [0.2, 0.25) is 11.8 Å². The molecule has 0 aliphatic rings. The predicted octanol–water partition coefficient (Wildman–Crippen LogP) is 7.02. The Labute approximate surface area is 278 Å². The number of rotatable bonds is 14. The molecule has 0 aliphatic heterocycles. The van der Waals surface area contributed by atoms with E-state index in [9.17, 15) is 18.0 Å². The second kappa shape index (κ2) is 15.9. The van der Waals surface area contributed by atoms with E-state index in [1.165, 1.54) is 4.90 Å². The van der Waals surface area contributed by atoms with Crippen molar-refractivity contribution in [3.05, 3.63) is 130 Å². The van der Waals surface area contributed by atoms with Crippen LogP contribution < -0.4 is 9.62 Å². The number of anilines is 1. The molecule has 0 fully saturated rings. The molecule has 7 nitrogen and oxygen atoms in total. The minimum atomic E-state index is -4.17. The van der Waals surface area contributed by atoms with Crippen LogP contribution >= 0.6 is 11.6 Å². The summed E-state index contributed by atoms with van der Waals surface area (Å²) in [4.78, 5) is 30.0. The number of nitrogens with one attached hydrogen (secondary N) is 1. The molecule has 4 rings (SSSR count). The van der Waals surface area contributed by atoms with Crippen molar-refractivity contribution in [3.8, 4) is 0 Å². The summed E-state index contributed by atoms with van der Waals surface area (Å²) in [6.07, 6.45) is 1.94. The smallest absolute Gasteiger partial charge is 0.264 e. The summed E-state index contributed by atoms with van der Waals surface area (Å²) in [6.45, 7) is 7.72. The summed E-state index contributed by atoms with van der Waals surface area (Å²) in [5.74, 6) is -0.812. The molecule has 0 bridgehead atoms. The molecule has 0 heterocycles. The third-order valence-electron chi connectivity index (χ3n) is 7.72. The Bertz CT molecular complexity index is 1720. The minimum absolute atomic E-state index is 0.0589. The molecule has 4 aromatic rings. The number of hydrogen-bond donors (Lipinski definition) is 1. The number of halogens is 1. The molecule has 1 unspecified atom stereocenters. The highest BCUT2D eigenvalue weighted by molar-refractivity contribution is 7.92. The van der Waals surface area contributed by atoms with Crippen LogP contribution in [0.5, 0.6) is 0 Å². The number of benzene rings is 4. The Hall–Kier alpha value is -4.14. The first kappa shape index (κ1) is 34.7. The first-order valence-corrected chi connectivity index (χ1v) is 17.3. The normalized spacial score (nSPS) is 11.9. The van der Waals surface area contributed by atoms with Crippen molar-refractivity contribution in [2.24, 2.45) is 0 Å². The Kier molecular flexibility index (Phi) is 12.0. The quantitative estimate of drug-likeness (QED) is 0.148. The molecular formula is C37H42ClN3O4S. The van der Waals surface area contributed by atoms with E-state index in [0.29, 0.717) is 17.3 Å². The summed E-state index contributed by atoms with van der Waals surface area (Å²) in [5.41, 5.74) is 4.61. The number of carbonyl (C=O) groups is 2. The molecule has 0 aromatic heterocycles. The lowest BCUT2D eigenvalue weighted by Gasteiger charge is -2.34. The zero-order chi connectivity index (χ0) is 33.3. The SMILES string of the molecule is CCCCNC(=O)C(Cc1ccccc1)N(Cc1cccc(Cl)c1)C(=O)CN(c1cc(C)cc(C)c1)S(=O)(=O)c1ccc(C)cc1. The summed E-state index contributed by atoms with van der Waals surface area (Å²) >= 11 is 6.33. The van der Waals surface area contributed by atoms with E-state index in [0.717, 1.165) is 45.0 Å². The van der Waals surface area contributed by atoms with Crippen molar-refractivity contribution in [3.63, 3.8) is 0 Å². The largest absolute Gasteiger partial charge is 0.354 e. The van der Waals surface area contributed by atoms with Gasteiger partial charge in [0.05, 0.1) is 10.6 Å². The average Bonchev–Trinajstić information content (AvgIpc) is 3.01. The Balaban J connectivity index is 1.81. The van der Waals surface area contributed by atoms with Crippen LogP contribution in [0.15, 0.2) is 102 Å². The highest BCUT2D eigenvalue weighted by Crippen LogP contribution is 2.27. The van der Waals surface area contributed by atoms with Gasteiger partial charge in [-0.1, -0.05) is 91.2 Å². The highest BCUT2D eigenvalue weighted by atomic mass is 35.5. The van der Waals surface area contributed by atoms with Crippen LogP contribution in [0.1, 0.15) is 47.6 Å². The molecule has 242 valence electrons. The van der Waals surface area contributed by atoms with Gasteiger partial charge in [-0.05, 0) is 85.8 Å². The van der Waals surface area contributed by atoms with Gasteiger partial charge in [0.15, 0.2) is 0 Å². The third kappa shape index (κ3) is 9.21. The molecular weight excluding hydrogens is 618 g/mol. The van der Waals surface area contributed by atoms with Gasteiger partial charge in [0, 0.05) is 24.5 Å². The van der Waals surface area contributed by atoms with E-state index >= 15 is 0 Å². The monoisotopic (exact) mass is 659 g/mol. The molecule has 4 aromatic carbocycles. The first-order valence-electron chi connectivity index (χ1n) is 15.5. The molecule has 0 radical (unpaired) electrons. The molecule has 0 saturated carbocycles. The maximum absolute atomic E-state index is 14.6. The number of sulfonamides is 1. The fourth-order valence-electron chi connectivity index (χ4n) is 5.35. The summed E-state index contributed by atoms with van der Waals surface area (Å²) < 4.78 is 29.7. The second-order valence-corrected chi connectivity index (χ2v) is 14.0. The van der Waals surface area contributed by atoms with Gasteiger partial charge in [-0.15, -0.1) is 0 Å². The van der Waals surface area contributed by atoms with Gasteiger partial charge < -0.3 is 10.2 Å². The van der Waals surface area contributed by atoms with Crippen LogP contribution in [0.4, 0.5) is 5.69 Å². The highest BCUT2D eigenvalue weighted by Gasteiger charge is 2.34. The van der Waals surface area contributed by atoms with Crippen LogP contribution in [-0.2, 0) is 32.6 Å². The maximum Gasteiger partial charge on any atom is 0.264 e.